The molecule has 1 aliphatic rings. The summed E-state index contributed by atoms with van der Waals surface area (Å²) in [5, 5.41) is 0. The van der Waals surface area contributed by atoms with Gasteiger partial charge in [0.05, 0.1) is 0 Å². The van der Waals surface area contributed by atoms with E-state index in [2.05, 4.69) is 123 Å². The fourth-order valence-corrected chi connectivity index (χ4v) is 11.9. The number of aryl methyl sites for hydroxylation is 6. The molecule has 0 aromatic heterocycles. The molecule has 1 saturated heterocycles. The summed E-state index contributed by atoms with van der Waals surface area (Å²) < 4.78 is 3.27. The Hall–Kier alpha value is -1.84. The maximum atomic E-state index is 7.63. The molecule has 3 nitrogen and oxygen atoms in total. The molecule has 0 atom stereocenters. The van der Waals surface area contributed by atoms with Crippen molar-refractivity contribution >= 4 is 39.7 Å². The quantitative estimate of drug-likeness (QED) is 0.256. The van der Waals surface area contributed by atoms with E-state index in [1.54, 1.807) is 0 Å². The van der Waals surface area contributed by atoms with Gasteiger partial charge in [-0.15, -0.1) is 0 Å². The Bertz CT molecular complexity index is 1360. The van der Waals surface area contributed by atoms with Gasteiger partial charge in [-0.3, -0.25) is 0 Å². The van der Waals surface area contributed by atoms with E-state index in [0.717, 1.165) is 36.1 Å². The zero-order chi connectivity index (χ0) is 27.8. The molecule has 0 aliphatic carbocycles. The second-order valence-electron chi connectivity index (χ2n) is 10.6. The number of hydrogen-bond donors (Lipinski definition) is 0. The molecule has 0 bridgehead atoms. The zero-order valence-electron chi connectivity index (χ0n) is 24.0. The van der Waals surface area contributed by atoms with Gasteiger partial charge in [-0.05, 0) is 0 Å². The Morgan fingerprint density at radius 2 is 1.24 bits per heavy atom. The van der Waals surface area contributed by atoms with Gasteiger partial charge in [0.2, 0.25) is 0 Å². The van der Waals surface area contributed by atoms with Crippen LogP contribution in [0.25, 0.3) is 0 Å². The molecule has 0 radical (unpaired) electrons. The Labute approximate surface area is 239 Å². The SMILES string of the molecule is CCN(C)Cc1ccccc1[CH]=[Ru]([Cl])([Cl])=[C]1N(c2c(C)cc(C)cc2C)CCN1c1c(C)cc(C)cc1C. The molecule has 3 aromatic carbocycles. The topological polar surface area (TPSA) is 9.72 Å². The average Bonchev–Trinajstić information content (AvgIpc) is 3.23. The van der Waals surface area contributed by atoms with Crippen LogP contribution < -0.4 is 9.80 Å². The predicted octanol–water partition coefficient (Wildman–Crippen LogP) is 7.71. The molecule has 4 rings (SSSR count). The summed E-state index contributed by atoms with van der Waals surface area (Å²) in [6.07, 6.45) is 0. The Morgan fingerprint density at radius 1 is 0.789 bits per heavy atom. The summed E-state index contributed by atoms with van der Waals surface area (Å²) in [7, 11) is 17.4. The van der Waals surface area contributed by atoms with Gasteiger partial charge in [0.25, 0.3) is 0 Å². The number of benzene rings is 3. The van der Waals surface area contributed by atoms with Crippen LogP contribution in [0, 0.1) is 41.5 Å². The van der Waals surface area contributed by atoms with Gasteiger partial charge in [-0.25, -0.2) is 0 Å². The van der Waals surface area contributed by atoms with Gasteiger partial charge in [-0.2, -0.15) is 0 Å². The fourth-order valence-electron chi connectivity index (χ4n) is 5.74. The second-order valence-corrected chi connectivity index (χ2v) is 19.9. The number of hydrogen-bond acceptors (Lipinski definition) is 3. The summed E-state index contributed by atoms with van der Waals surface area (Å²) in [5.74, 6) is 0. The second kappa shape index (κ2) is 11.7. The molecule has 1 heterocycles. The van der Waals surface area contributed by atoms with Crippen molar-refractivity contribution in [3.63, 3.8) is 0 Å². The van der Waals surface area contributed by atoms with Gasteiger partial charge in [-0.1, -0.05) is 0 Å². The summed E-state index contributed by atoms with van der Waals surface area (Å²) >= 11 is -3.57. The van der Waals surface area contributed by atoms with E-state index in [-0.39, 0.29) is 0 Å². The number of rotatable bonds is 6. The van der Waals surface area contributed by atoms with Crippen LogP contribution in [0.5, 0.6) is 0 Å². The molecule has 38 heavy (non-hydrogen) atoms. The van der Waals surface area contributed by atoms with Crippen molar-refractivity contribution in [2.24, 2.45) is 0 Å². The molecule has 206 valence electrons. The first-order chi connectivity index (χ1) is 17.9. The van der Waals surface area contributed by atoms with Crippen LogP contribution in [0.3, 0.4) is 0 Å². The van der Waals surface area contributed by atoms with Crippen LogP contribution in [0.2, 0.25) is 0 Å². The number of anilines is 2. The normalized spacial score (nSPS) is 14.6. The Kier molecular flexibility index (Phi) is 9.00. The van der Waals surface area contributed by atoms with Crippen LogP contribution in [-0.4, -0.2) is 40.5 Å². The van der Waals surface area contributed by atoms with Crippen molar-refractivity contribution in [2.75, 3.05) is 36.5 Å². The van der Waals surface area contributed by atoms with E-state index in [0.29, 0.717) is 0 Å². The molecule has 6 heteroatoms. The van der Waals surface area contributed by atoms with Crippen molar-refractivity contribution < 1.29 is 11.9 Å². The van der Waals surface area contributed by atoms with Crippen LogP contribution in [0.4, 0.5) is 11.4 Å². The van der Waals surface area contributed by atoms with Gasteiger partial charge in [0.1, 0.15) is 0 Å². The van der Waals surface area contributed by atoms with E-state index in [4.69, 9.17) is 19.4 Å². The van der Waals surface area contributed by atoms with Crippen molar-refractivity contribution in [1.82, 2.24) is 4.90 Å². The van der Waals surface area contributed by atoms with Gasteiger partial charge < -0.3 is 0 Å². The third kappa shape index (κ3) is 6.00. The molecule has 0 amide bonds. The summed E-state index contributed by atoms with van der Waals surface area (Å²) in [6, 6.07) is 17.6. The zero-order valence-corrected chi connectivity index (χ0v) is 27.2. The Balaban J connectivity index is 2.02. The molecule has 0 unspecified atom stereocenters. The average molecular weight is 640 g/mol. The first kappa shape index (κ1) is 29.2. The minimum atomic E-state index is -3.57. The maximum absolute atomic E-state index is 7.63. The van der Waals surface area contributed by atoms with Gasteiger partial charge >= 0.3 is 241 Å². The summed E-state index contributed by atoms with van der Waals surface area (Å²) in [5.41, 5.74) is 12.4. The van der Waals surface area contributed by atoms with E-state index in [1.807, 2.05) is 0 Å². The van der Waals surface area contributed by atoms with Crippen molar-refractivity contribution in [1.29, 1.82) is 0 Å². The fraction of sp³-hybridized carbons (Fsp3) is 0.375. The third-order valence-electron chi connectivity index (χ3n) is 7.27. The standard InChI is InChI=1S/C21H26N2.C11H15N.2ClH.Ru/c1-14-9-16(3)20(17(4)10-14)22-7-8-23(13-22)21-18(5)11-15(2)12-19(21)6;1-4-12(3)9-11-8-6-5-7-10(11)2;;;/h9-12H,7-8H2,1-6H3;2,5-8H,4,9H2,1,3H3;2*1H;/q;;;;+2/p-2. The van der Waals surface area contributed by atoms with Crippen molar-refractivity contribution in [3.8, 4) is 0 Å². The molecule has 1 aliphatic heterocycles. The Morgan fingerprint density at radius 3 is 1.68 bits per heavy atom. The molecular formula is C32H41Cl2N3Ru. The third-order valence-corrected chi connectivity index (χ3v) is 12.7. The van der Waals surface area contributed by atoms with Crippen LogP contribution in [0.1, 0.15) is 51.4 Å². The van der Waals surface area contributed by atoms with Gasteiger partial charge in [0, 0.05) is 0 Å². The molecule has 1 fully saturated rings. The summed E-state index contributed by atoms with van der Waals surface area (Å²) in [4.78, 5) is 7.15. The molecular weight excluding hydrogens is 598 g/mol. The van der Waals surface area contributed by atoms with E-state index in [1.165, 1.54) is 50.3 Å². The summed E-state index contributed by atoms with van der Waals surface area (Å²) in [6.45, 7) is 18.8. The molecule has 0 spiro atoms. The molecule has 3 aromatic rings. The minimum absolute atomic E-state index is 0.850. The first-order valence-electron chi connectivity index (χ1n) is 13.2. The monoisotopic (exact) mass is 639 g/mol. The van der Waals surface area contributed by atoms with Gasteiger partial charge in [0.15, 0.2) is 0 Å². The van der Waals surface area contributed by atoms with E-state index < -0.39 is 11.9 Å². The molecule has 0 saturated carbocycles. The predicted molar refractivity (Wildman–Crippen MR) is 166 cm³/mol. The van der Waals surface area contributed by atoms with Crippen LogP contribution in [0.15, 0.2) is 48.5 Å². The van der Waals surface area contributed by atoms with E-state index in [9.17, 15) is 0 Å². The van der Waals surface area contributed by atoms with Crippen LogP contribution in [-0.2, 0) is 18.4 Å². The van der Waals surface area contributed by atoms with Crippen molar-refractivity contribution in [3.05, 3.63) is 93.0 Å². The molecule has 0 N–H and O–H groups in total. The van der Waals surface area contributed by atoms with Crippen LogP contribution >= 0.6 is 19.4 Å². The number of halogens is 2. The first-order valence-corrected chi connectivity index (χ1v) is 19.6. The number of nitrogens with zero attached hydrogens (tertiary/aromatic N) is 3. The van der Waals surface area contributed by atoms with E-state index >= 15 is 0 Å². The van der Waals surface area contributed by atoms with Crippen molar-refractivity contribution in [2.45, 2.75) is 55.0 Å².